The fraction of sp³-hybridized carbons (Fsp3) is 0.444. The summed E-state index contributed by atoms with van der Waals surface area (Å²) < 4.78 is 0. The number of benzene rings is 1. The number of nitrogens with one attached hydrogen (secondary N) is 2. The average Bonchev–Trinajstić information content (AvgIpc) is 2.54. The summed E-state index contributed by atoms with van der Waals surface area (Å²) in [6.45, 7) is 6.98. The second-order valence-electron chi connectivity index (χ2n) is 6.35. The second kappa shape index (κ2) is 6.44. The molecule has 1 aromatic rings. The molecule has 3 rings (SSSR count). The summed E-state index contributed by atoms with van der Waals surface area (Å²) in [5.41, 5.74) is 3.93. The van der Waals surface area contributed by atoms with Crippen molar-refractivity contribution in [2.24, 2.45) is 0 Å². The van der Waals surface area contributed by atoms with Crippen molar-refractivity contribution in [1.82, 2.24) is 10.2 Å². The van der Waals surface area contributed by atoms with Gasteiger partial charge in [-0.15, -0.1) is 0 Å². The quantitative estimate of drug-likeness (QED) is 0.881. The highest BCUT2D eigenvalue weighted by atomic mass is 16.2. The lowest BCUT2D eigenvalue weighted by Gasteiger charge is -2.31. The highest BCUT2D eigenvalue weighted by Crippen LogP contribution is 2.26. The molecule has 122 valence electrons. The first kappa shape index (κ1) is 15.6. The first-order valence-electron chi connectivity index (χ1n) is 8.17. The number of carbonyl (C=O) groups is 2. The molecule has 2 aliphatic rings. The number of fused-ring (bicyclic) bond motifs is 1. The van der Waals surface area contributed by atoms with Crippen LogP contribution in [0.2, 0.25) is 0 Å². The molecule has 0 radical (unpaired) electrons. The molecular formula is C18H23N3O2. The summed E-state index contributed by atoms with van der Waals surface area (Å²) in [6.07, 6.45) is 3.45. The summed E-state index contributed by atoms with van der Waals surface area (Å²) in [5.74, 6) is 0.0806. The van der Waals surface area contributed by atoms with Crippen molar-refractivity contribution in [2.45, 2.75) is 38.6 Å². The van der Waals surface area contributed by atoms with Gasteiger partial charge in [0.15, 0.2) is 0 Å². The normalized spacial score (nSPS) is 18.1. The summed E-state index contributed by atoms with van der Waals surface area (Å²) in [5, 5.41) is 6.35. The van der Waals surface area contributed by atoms with Gasteiger partial charge in [0.25, 0.3) is 5.91 Å². The number of aryl methyl sites for hydroxylation is 1. The van der Waals surface area contributed by atoms with Gasteiger partial charge in [-0.05, 0) is 49.4 Å². The van der Waals surface area contributed by atoms with Gasteiger partial charge in [0, 0.05) is 43.0 Å². The van der Waals surface area contributed by atoms with Gasteiger partial charge in [0.1, 0.15) is 0 Å². The maximum atomic E-state index is 12.4. The molecule has 5 nitrogen and oxygen atoms in total. The van der Waals surface area contributed by atoms with Gasteiger partial charge in [-0.3, -0.25) is 9.59 Å². The zero-order valence-corrected chi connectivity index (χ0v) is 13.5. The standard InChI is InChI=1S/C18H23N3O2/c1-12-3-4-14-11-15(5-6-17(14)19-12)18(23)20-16-7-9-21(10-8-16)13(2)22/h5-6,11,16,19H,1,3-4,7-10H2,2H3,(H,20,23). The van der Waals surface area contributed by atoms with E-state index in [1.807, 2.05) is 23.1 Å². The van der Waals surface area contributed by atoms with Crippen molar-refractivity contribution >= 4 is 17.5 Å². The molecule has 0 saturated carbocycles. The van der Waals surface area contributed by atoms with Gasteiger partial charge >= 0.3 is 0 Å². The number of hydrogen-bond donors (Lipinski definition) is 2. The number of rotatable bonds is 2. The summed E-state index contributed by atoms with van der Waals surface area (Å²) in [7, 11) is 0. The van der Waals surface area contributed by atoms with Crippen LogP contribution >= 0.6 is 0 Å². The molecular weight excluding hydrogens is 290 g/mol. The summed E-state index contributed by atoms with van der Waals surface area (Å²) in [4.78, 5) is 25.6. The van der Waals surface area contributed by atoms with Crippen LogP contribution in [0.4, 0.5) is 5.69 Å². The van der Waals surface area contributed by atoms with E-state index in [1.54, 1.807) is 6.92 Å². The maximum Gasteiger partial charge on any atom is 0.251 e. The van der Waals surface area contributed by atoms with Crippen LogP contribution in [0.3, 0.4) is 0 Å². The average molecular weight is 313 g/mol. The van der Waals surface area contributed by atoms with E-state index in [2.05, 4.69) is 17.2 Å². The molecule has 0 bridgehead atoms. The Bertz CT molecular complexity index is 646. The zero-order chi connectivity index (χ0) is 16.4. The fourth-order valence-electron chi connectivity index (χ4n) is 3.21. The number of hydrogen-bond acceptors (Lipinski definition) is 3. The Kier molecular flexibility index (Phi) is 4.37. The number of carbonyl (C=O) groups excluding carboxylic acids is 2. The predicted molar refractivity (Wildman–Crippen MR) is 90.3 cm³/mol. The van der Waals surface area contributed by atoms with Crippen LogP contribution in [-0.2, 0) is 11.2 Å². The van der Waals surface area contributed by atoms with Crippen LogP contribution < -0.4 is 10.6 Å². The van der Waals surface area contributed by atoms with Crippen molar-refractivity contribution in [3.63, 3.8) is 0 Å². The van der Waals surface area contributed by atoms with E-state index < -0.39 is 0 Å². The summed E-state index contributed by atoms with van der Waals surface area (Å²) in [6, 6.07) is 5.92. The lowest BCUT2D eigenvalue weighted by Crippen LogP contribution is -2.46. The third kappa shape index (κ3) is 3.55. The van der Waals surface area contributed by atoms with Crippen LogP contribution in [-0.4, -0.2) is 35.8 Å². The van der Waals surface area contributed by atoms with Gasteiger partial charge in [0.05, 0.1) is 0 Å². The van der Waals surface area contributed by atoms with E-state index in [9.17, 15) is 9.59 Å². The van der Waals surface area contributed by atoms with Crippen LogP contribution in [0.1, 0.15) is 42.1 Å². The Morgan fingerprint density at radius 1 is 1.26 bits per heavy atom. The third-order valence-electron chi connectivity index (χ3n) is 4.65. The monoisotopic (exact) mass is 313 g/mol. The number of allylic oxidation sites excluding steroid dienone is 1. The minimum atomic E-state index is -0.0292. The fourth-order valence-corrected chi connectivity index (χ4v) is 3.21. The molecule has 5 heteroatoms. The van der Waals surface area contributed by atoms with Gasteiger partial charge < -0.3 is 15.5 Å². The van der Waals surface area contributed by atoms with E-state index in [-0.39, 0.29) is 17.9 Å². The number of amides is 2. The van der Waals surface area contributed by atoms with E-state index in [4.69, 9.17) is 0 Å². The Morgan fingerprint density at radius 2 is 2.00 bits per heavy atom. The SMILES string of the molecule is C=C1CCc2cc(C(=O)NC3CCN(C(C)=O)CC3)ccc2N1. The Balaban J connectivity index is 1.61. The Morgan fingerprint density at radius 3 is 2.70 bits per heavy atom. The molecule has 2 N–H and O–H groups in total. The van der Waals surface area contributed by atoms with E-state index in [1.165, 1.54) is 0 Å². The number of piperidine rings is 1. The second-order valence-corrected chi connectivity index (χ2v) is 6.35. The van der Waals surface area contributed by atoms with E-state index >= 15 is 0 Å². The van der Waals surface area contributed by atoms with Crippen molar-refractivity contribution in [2.75, 3.05) is 18.4 Å². The maximum absolute atomic E-state index is 12.4. The Hall–Kier alpha value is -2.30. The highest BCUT2D eigenvalue weighted by Gasteiger charge is 2.23. The van der Waals surface area contributed by atoms with Gasteiger partial charge in [0.2, 0.25) is 5.91 Å². The van der Waals surface area contributed by atoms with Crippen molar-refractivity contribution in [3.8, 4) is 0 Å². The molecule has 2 amide bonds. The molecule has 0 atom stereocenters. The molecule has 1 aromatic carbocycles. The zero-order valence-electron chi connectivity index (χ0n) is 13.5. The first-order chi connectivity index (χ1) is 11.0. The van der Waals surface area contributed by atoms with E-state index in [0.717, 1.165) is 55.7 Å². The molecule has 0 spiro atoms. The van der Waals surface area contributed by atoms with Crippen LogP contribution in [0.5, 0.6) is 0 Å². The van der Waals surface area contributed by atoms with E-state index in [0.29, 0.717) is 5.56 Å². The van der Waals surface area contributed by atoms with Crippen molar-refractivity contribution in [3.05, 3.63) is 41.6 Å². The lowest BCUT2D eigenvalue weighted by molar-refractivity contribution is -0.129. The van der Waals surface area contributed by atoms with Crippen molar-refractivity contribution < 1.29 is 9.59 Å². The topological polar surface area (TPSA) is 61.4 Å². The van der Waals surface area contributed by atoms with Crippen LogP contribution in [0.15, 0.2) is 30.5 Å². The third-order valence-corrected chi connectivity index (χ3v) is 4.65. The van der Waals surface area contributed by atoms with Crippen LogP contribution in [0.25, 0.3) is 0 Å². The van der Waals surface area contributed by atoms with Crippen molar-refractivity contribution in [1.29, 1.82) is 0 Å². The molecule has 1 saturated heterocycles. The smallest absolute Gasteiger partial charge is 0.251 e. The van der Waals surface area contributed by atoms with Gasteiger partial charge in [-0.2, -0.15) is 0 Å². The minimum Gasteiger partial charge on any atom is -0.359 e. The molecule has 1 fully saturated rings. The number of nitrogens with zero attached hydrogens (tertiary/aromatic N) is 1. The molecule has 0 aliphatic carbocycles. The molecule has 0 unspecified atom stereocenters. The van der Waals surface area contributed by atoms with Gasteiger partial charge in [-0.25, -0.2) is 0 Å². The highest BCUT2D eigenvalue weighted by molar-refractivity contribution is 5.95. The Labute approximate surface area is 136 Å². The minimum absolute atomic E-state index is 0.0292. The molecule has 2 aliphatic heterocycles. The summed E-state index contributed by atoms with van der Waals surface area (Å²) >= 11 is 0. The molecule has 0 aromatic heterocycles. The number of anilines is 1. The lowest BCUT2D eigenvalue weighted by atomic mass is 9.98. The molecule has 2 heterocycles. The van der Waals surface area contributed by atoms with Crippen LogP contribution in [0, 0.1) is 0 Å². The number of likely N-dealkylation sites (tertiary alicyclic amines) is 1. The molecule has 23 heavy (non-hydrogen) atoms. The van der Waals surface area contributed by atoms with Gasteiger partial charge in [-0.1, -0.05) is 6.58 Å². The largest absolute Gasteiger partial charge is 0.359 e. The predicted octanol–water partition coefficient (Wildman–Crippen LogP) is 2.30. The first-order valence-corrected chi connectivity index (χ1v) is 8.17.